The quantitative estimate of drug-likeness (QED) is 0.868. The van der Waals surface area contributed by atoms with Crippen LogP contribution in [0.1, 0.15) is 25.4 Å². The lowest BCUT2D eigenvalue weighted by atomic mass is 10.3. The van der Waals surface area contributed by atoms with E-state index >= 15 is 0 Å². The van der Waals surface area contributed by atoms with E-state index in [-0.39, 0.29) is 12.5 Å². The Morgan fingerprint density at radius 1 is 1.45 bits per heavy atom. The van der Waals surface area contributed by atoms with Crippen LogP contribution >= 0.6 is 11.3 Å². The molecule has 20 heavy (non-hydrogen) atoms. The van der Waals surface area contributed by atoms with Crippen molar-refractivity contribution in [2.24, 2.45) is 0 Å². The SMILES string of the molecule is CC(=O)Nc1nc(C)c(-c2cnc(COC(C)=O)o2)s1. The molecule has 0 saturated carbocycles. The molecule has 0 aliphatic heterocycles. The molecule has 2 aromatic rings. The number of hydrogen-bond acceptors (Lipinski definition) is 7. The molecule has 0 radical (unpaired) electrons. The number of aromatic nitrogens is 2. The summed E-state index contributed by atoms with van der Waals surface area (Å²) in [7, 11) is 0. The number of oxazole rings is 1. The Balaban J connectivity index is 2.17. The maximum absolute atomic E-state index is 11.0. The zero-order valence-electron chi connectivity index (χ0n) is 11.2. The Morgan fingerprint density at radius 2 is 2.20 bits per heavy atom. The Bertz CT molecular complexity index is 647. The van der Waals surface area contributed by atoms with Gasteiger partial charge in [0.2, 0.25) is 11.8 Å². The van der Waals surface area contributed by atoms with Gasteiger partial charge >= 0.3 is 5.97 Å². The lowest BCUT2D eigenvalue weighted by Gasteiger charge is -1.96. The fourth-order valence-corrected chi connectivity index (χ4v) is 2.43. The zero-order valence-corrected chi connectivity index (χ0v) is 12.0. The summed E-state index contributed by atoms with van der Waals surface area (Å²) in [6, 6.07) is 0. The first-order valence-electron chi connectivity index (χ1n) is 5.79. The van der Waals surface area contributed by atoms with Gasteiger partial charge in [0.05, 0.1) is 16.8 Å². The summed E-state index contributed by atoms with van der Waals surface area (Å²) in [6.07, 6.45) is 1.54. The van der Waals surface area contributed by atoms with Crippen LogP contribution in [0.4, 0.5) is 5.13 Å². The third kappa shape index (κ3) is 3.41. The number of esters is 1. The Labute approximate surface area is 119 Å². The molecule has 1 N–H and O–H groups in total. The van der Waals surface area contributed by atoms with Gasteiger partial charge < -0.3 is 14.5 Å². The van der Waals surface area contributed by atoms with Gasteiger partial charge in [-0.05, 0) is 6.92 Å². The number of nitrogens with one attached hydrogen (secondary N) is 1. The minimum Gasteiger partial charge on any atom is -0.456 e. The van der Waals surface area contributed by atoms with E-state index in [0.29, 0.717) is 16.8 Å². The van der Waals surface area contributed by atoms with Crippen molar-refractivity contribution in [1.82, 2.24) is 9.97 Å². The first-order valence-corrected chi connectivity index (χ1v) is 6.61. The van der Waals surface area contributed by atoms with E-state index in [1.54, 1.807) is 0 Å². The van der Waals surface area contributed by atoms with E-state index in [2.05, 4.69) is 15.3 Å². The second kappa shape index (κ2) is 5.83. The smallest absolute Gasteiger partial charge is 0.303 e. The molecule has 2 rings (SSSR count). The van der Waals surface area contributed by atoms with E-state index < -0.39 is 5.97 Å². The number of carbonyl (C=O) groups is 2. The van der Waals surface area contributed by atoms with Crippen molar-refractivity contribution in [1.29, 1.82) is 0 Å². The van der Waals surface area contributed by atoms with Crippen LogP contribution in [-0.4, -0.2) is 21.8 Å². The largest absolute Gasteiger partial charge is 0.456 e. The van der Waals surface area contributed by atoms with E-state index in [1.807, 2.05) is 6.92 Å². The molecular formula is C12H13N3O4S. The first kappa shape index (κ1) is 14.2. The fraction of sp³-hybridized carbons (Fsp3) is 0.333. The number of anilines is 1. The third-order valence-electron chi connectivity index (χ3n) is 2.26. The van der Waals surface area contributed by atoms with E-state index in [0.717, 1.165) is 10.6 Å². The van der Waals surface area contributed by atoms with E-state index in [1.165, 1.54) is 31.4 Å². The number of nitrogens with zero attached hydrogens (tertiary/aromatic N) is 2. The van der Waals surface area contributed by atoms with Crippen molar-refractivity contribution in [3.8, 4) is 10.6 Å². The molecule has 0 aromatic carbocycles. The number of aryl methyl sites for hydroxylation is 1. The molecule has 1 amide bonds. The Hall–Kier alpha value is -2.22. The number of ether oxygens (including phenoxy) is 1. The fourth-order valence-electron chi connectivity index (χ4n) is 1.47. The van der Waals surface area contributed by atoms with Gasteiger partial charge in [-0.1, -0.05) is 11.3 Å². The standard InChI is InChI=1S/C12H13N3O4S/c1-6-11(20-12(14-6)15-7(2)16)9-4-13-10(19-9)5-18-8(3)17/h4H,5H2,1-3H3,(H,14,15,16). The highest BCUT2D eigenvalue weighted by atomic mass is 32.1. The average Bonchev–Trinajstić information content (AvgIpc) is 2.92. The van der Waals surface area contributed by atoms with Crippen molar-refractivity contribution in [2.45, 2.75) is 27.4 Å². The van der Waals surface area contributed by atoms with Crippen LogP contribution in [0.15, 0.2) is 10.6 Å². The molecule has 0 aliphatic rings. The number of amides is 1. The van der Waals surface area contributed by atoms with Crippen LogP contribution in [0.25, 0.3) is 10.6 Å². The van der Waals surface area contributed by atoms with Crippen LogP contribution < -0.4 is 5.32 Å². The third-order valence-corrected chi connectivity index (χ3v) is 3.34. The molecule has 0 fully saturated rings. The van der Waals surface area contributed by atoms with Crippen molar-refractivity contribution in [3.05, 3.63) is 17.8 Å². The molecule has 7 nitrogen and oxygen atoms in total. The summed E-state index contributed by atoms with van der Waals surface area (Å²) in [5.41, 5.74) is 0.730. The molecule has 0 atom stereocenters. The Kier molecular flexibility index (Phi) is 4.14. The van der Waals surface area contributed by atoms with Gasteiger partial charge in [0, 0.05) is 13.8 Å². The molecule has 2 aromatic heterocycles. The number of rotatable bonds is 4. The van der Waals surface area contributed by atoms with E-state index in [4.69, 9.17) is 9.15 Å². The van der Waals surface area contributed by atoms with Crippen LogP contribution in [0.3, 0.4) is 0 Å². The maximum Gasteiger partial charge on any atom is 0.303 e. The highest BCUT2D eigenvalue weighted by molar-refractivity contribution is 7.19. The molecule has 0 spiro atoms. The predicted octanol–water partition coefficient (Wildman–Crippen LogP) is 2.13. The average molecular weight is 295 g/mol. The number of hydrogen-bond donors (Lipinski definition) is 1. The van der Waals surface area contributed by atoms with E-state index in [9.17, 15) is 9.59 Å². The highest BCUT2D eigenvalue weighted by Gasteiger charge is 2.15. The van der Waals surface area contributed by atoms with Gasteiger partial charge in [0.1, 0.15) is 0 Å². The molecule has 8 heteroatoms. The summed E-state index contributed by atoms with van der Waals surface area (Å²) in [5.74, 6) is 0.257. The lowest BCUT2D eigenvalue weighted by molar-refractivity contribution is -0.142. The summed E-state index contributed by atoms with van der Waals surface area (Å²) in [5, 5.41) is 3.12. The molecule has 0 saturated heterocycles. The van der Waals surface area contributed by atoms with Crippen molar-refractivity contribution in [3.63, 3.8) is 0 Å². The lowest BCUT2D eigenvalue weighted by Crippen LogP contribution is -2.04. The molecule has 2 heterocycles. The number of carbonyl (C=O) groups excluding carboxylic acids is 2. The van der Waals surface area contributed by atoms with Crippen LogP contribution in [0, 0.1) is 6.92 Å². The van der Waals surface area contributed by atoms with Gasteiger partial charge in [0.25, 0.3) is 0 Å². The molecular weight excluding hydrogens is 282 g/mol. The van der Waals surface area contributed by atoms with Crippen LogP contribution in [-0.2, 0) is 20.9 Å². The van der Waals surface area contributed by atoms with Crippen LogP contribution in [0.2, 0.25) is 0 Å². The molecule has 0 unspecified atom stereocenters. The summed E-state index contributed by atoms with van der Waals surface area (Å²) in [6.45, 7) is 4.54. The van der Waals surface area contributed by atoms with Gasteiger partial charge in [0.15, 0.2) is 17.5 Å². The van der Waals surface area contributed by atoms with Gasteiger partial charge in [-0.2, -0.15) is 0 Å². The zero-order chi connectivity index (χ0) is 14.7. The normalized spacial score (nSPS) is 10.3. The monoisotopic (exact) mass is 295 g/mol. The first-order chi connectivity index (χ1) is 9.45. The summed E-state index contributed by atoms with van der Waals surface area (Å²) >= 11 is 1.29. The second-order valence-corrected chi connectivity index (χ2v) is 5.01. The molecule has 0 bridgehead atoms. The van der Waals surface area contributed by atoms with Gasteiger partial charge in [-0.3, -0.25) is 9.59 Å². The van der Waals surface area contributed by atoms with Gasteiger partial charge in [-0.15, -0.1) is 0 Å². The van der Waals surface area contributed by atoms with Gasteiger partial charge in [-0.25, -0.2) is 9.97 Å². The van der Waals surface area contributed by atoms with Crippen molar-refractivity contribution < 1.29 is 18.7 Å². The van der Waals surface area contributed by atoms with Crippen molar-refractivity contribution in [2.75, 3.05) is 5.32 Å². The second-order valence-electron chi connectivity index (χ2n) is 4.01. The topological polar surface area (TPSA) is 94.3 Å². The predicted molar refractivity (Wildman–Crippen MR) is 72.1 cm³/mol. The maximum atomic E-state index is 11.0. The summed E-state index contributed by atoms with van der Waals surface area (Å²) < 4.78 is 10.3. The molecule has 106 valence electrons. The highest BCUT2D eigenvalue weighted by Crippen LogP contribution is 2.33. The summed E-state index contributed by atoms with van der Waals surface area (Å²) in [4.78, 5) is 30.7. The number of thiazole rings is 1. The minimum absolute atomic E-state index is 0.00820. The van der Waals surface area contributed by atoms with Crippen molar-refractivity contribution >= 4 is 28.3 Å². The Morgan fingerprint density at radius 3 is 2.85 bits per heavy atom. The molecule has 0 aliphatic carbocycles. The van der Waals surface area contributed by atoms with Crippen LogP contribution in [0.5, 0.6) is 0 Å². The minimum atomic E-state index is -0.397.